The Labute approximate surface area is 152 Å². The smallest absolute Gasteiger partial charge is 0.414 e. The molecule has 24 heavy (non-hydrogen) atoms. The fraction of sp³-hybridized carbons (Fsp3) is 0.500. The van der Waals surface area contributed by atoms with Gasteiger partial charge < -0.3 is 14.4 Å². The summed E-state index contributed by atoms with van der Waals surface area (Å²) in [6, 6.07) is 5.75. The van der Waals surface area contributed by atoms with E-state index in [0.717, 1.165) is 18.4 Å². The second kappa shape index (κ2) is 6.58. The molecule has 1 unspecified atom stereocenters. The molecule has 1 amide bonds. The van der Waals surface area contributed by atoms with Crippen molar-refractivity contribution in [2.24, 2.45) is 5.92 Å². The molecule has 3 rings (SSSR count). The predicted molar refractivity (Wildman–Crippen MR) is 94.5 cm³/mol. The molecule has 2 aliphatic rings. The summed E-state index contributed by atoms with van der Waals surface area (Å²) in [6.07, 6.45) is 1.60. The topological polar surface area (TPSA) is 38.8 Å². The minimum Gasteiger partial charge on any atom is -0.416 e. The molecule has 1 saturated heterocycles. The molecule has 1 heterocycles. The zero-order chi connectivity index (χ0) is 17.5. The van der Waals surface area contributed by atoms with Gasteiger partial charge in [0.1, 0.15) is 0 Å². The number of fused-ring (bicyclic) bond motifs is 1. The average molecular weight is 370 g/mol. The van der Waals surface area contributed by atoms with Gasteiger partial charge in [0.05, 0.1) is 21.9 Å². The number of nitrogens with zero attached hydrogens (tertiary/aromatic N) is 1. The van der Waals surface area contributed by atoms with Gasteiger partial charge in [-0.15, -0.1) is 0 Å². The molecule has 1 aliphatic heterocycles. The van der Waals surface area contributed by atoms with Crippen LogP contribution < -0.4 is 0 Å². The van der Waals surface area contributed by atoms with Crippen LogP contribution in [0.5, 0.6) is 0 Å². The summed E-state index contributed by atoms with van der Waals surface area (Å²) in [4.78, 5) is 14.1. The van der Waals surface area contributed by atoms with Gasteiger partial charge in [-0.2, -0.15) is 0 Å². The fourth-order valence-corrected chi connectivity index (χ4v) is 4.39. The molecule has 1 aliphatic carbocycles. The van der Waals surface area contributed by atoms with E-state index in [4.69, 9.17) is 32.7 Å². The number of halogens is 2. The van der Waals surface area contributed by atoms with E-state index in [0.29, 0.717) is 34.8 Å². The van der Waals surface area contributed by atoms with E-state index < -0.39 is 0 Å². The van der Waals surface area contributed by atoms with Crippen molar-refractivity contribution in [2.75, 3.05) is 20.2 Å². The van der Waals surface area contributed by atoms with Crippen LogP contribution in [0.4, 0.5) is 4.79 Å². The van der Waals surface area contributed by atoms with Crippen LogP contribution in [-0.2, 0) is 14.9 Å². The van der Waals surface area contributed by atoms with Gasteiger partial charge in [-0.05, 0) is 43.4 Å². The number of carbonyl (C=O) groups excluding carboxylic acids is 1. The minimum absolute atomic E-state index is 0.178. The first-order valence-corrected chi connectivity index (χ1v) is 8.72. The Morgan fingerprint density at radius 1 is 1.38 bits per heavy atom. The number of ether oxygens (including phenoxy) is 2. The number of methoxy groups -OCH3 is 1. The third kappa shape index (κ3) is 3.03. The second-order valence-corrected chi connectivity index (χ2v) is 7.54. The Kier molecular flexibility index (Phi) is 4.82. The van der Waals surface area contributed by atoms with Crippen molar-refractivity contribution >= 4 is 29.3 Å². The third-order valence-corrected chi connectivity index (χ3v) is 5.92. The Bertz CT molecular complexity index is 678. The largest absolute Gasteiger partial charge is 0.416 e. The number of rotatable bonds is 3. The summed E-state index contributed by atoms with van der Waals surface area (Å²) in [6.45, 7) is 6.54. The van der Waals surface area contributed by atoms with Crippen LogP contribution in [0.25, 0.3) is 0 Å². The summed E-state index contributed by atoms with van der Waals surface area (Å²) in [7, 11) is 1.74. The SMILES string of the molecule is C=C(C)OC(=O)N1C[C@H]2CC(OC)C[C@@]2(c2ccc(Cl)c(Cl)c2)C1. The highest BCUT2D eigenvalue weighted by Gasteiger charge is 2.55. The van der Waals surface area contributed by atoms with Crippen molar-refractivity contribution in [2.45, 2.75) is 31.3 Å². The lowest BCUT2D eigenvalue weighted by molar-refractivity contribution is 0.0909. The van der Waals surface area contributed by atoms with Crippen LogP contribution in [0.1, 0.15) is 25.3 Å². The van der Waals surface area contributed by atoms with Crippen molar-refractivity contribution in [3.8, 4) is 0 Å². The molecule has 0 aromatic heterocycles. The lowest BCUT2D eigenvalue weighted by Gasteiger charge is -2.30. The number of allylic oxidation sites excluding steroid dienone is 1. The average Bonchev–Trinajstić information content (AvgIpc) is 3.04. The normalized spacial score (nSPS) is 28.8. The van der Waals surface area contributed by atoms with Crippen molar-refractivity contribution < 1.29 is 14.3 Å². The van der Waals surface area contributed by atoms with E-state index >= 15 is 0 Å². The van der Waals surface area contributed by atoms with Gasteiger partial charge in [0.15, 0.2) is 0 Å². The molecule has 2 fully saturated rings. The highest BCUT2D eigenvalue weighted by molar-refractivity contribution is 6.42. The number of amides is 1. The van der Waals surface area contributed by atoms with Crippen LogP contribution in [0.15, 0.2) is 30.5 Å². The van der Waals surface area contributed by atoms with Crippen molar-refractivity contribution in [1.82, 2.24) is 4.90 Å². The maximum Gasteiger partial charge on any atom is 0.414 e. The van der Waals surface area contributed by atoms with Crippen molar-refractivity contribution in [1.29, 1.82) is 0 Å². The molecule has 3 atom stereocenters. The van der Waals surface area contributed by atoms with Gasteiger partial charge in [-0.25, -0.2) is 4.79 Å². The Balaban J connectivity index is 1.92. The Hall–Kier alpha value is -1.23. The minimum atomic E-state index is -0.342. The molecule has 0 N–H and O–H groups in total. The summed E-state index contributed by atoms with van der Waals surface area (Å²) in [5.41, 5.74) is 0.926. The first kappa shape index (κ1) is 17.6. The van der Waals surface area contributed by atoms with Crippen LogP contribution in [-0.4, -0.2) is 37.3 Å². The highest BCUT2D eigenvalue weighted by atomic mass is 35.5. The summed E-state index contributed by atoms with van der Waals surface area (Å²) in [5.74, 6) is 0.702. The standard InChI is InChI=1S/C18H21Cl2NO3/c1-11(2)24-17(22)21-9-13-6-14(23-3)8-18(13,10-21)12-4-5-15(19)16(20)7-12/h4-5,7,13-14H,1,6,8-10H2,2-3H3/t13-,14?,18+/m1/s1. The maximum absolute atomic E-state index is 12.3. The lowest BCUT2D eigenvalue weighted by Crippen LogP contribution is -2.35. The summed E-state index contributed by atoms with van der Waals surface area (Å²) >= 11 is 12.3. The molecule has 0 radical (unpaired) electrons. The zero-order valence-corrected chi connectivity index (χ0v) is 15.4. The van der Waals surface area contributed by atoms with Crippen LogP contribution in [0, 0.1) is 5.92 Å². The molecular weight excluding hydrogens is 349 g/mol. The monoisotopic (exact) mass is 369 g/mol. The predicted octanol–water partition coefficient (Wildman–Crippen LogP) is 4.64. The van der Waals surface area contributed by atoms with E-state index in [1.807, 2.05) is 18.2 Å². The summed E-state index contributed by atoms with van der Waals surface area (Å²) < 4.78 is 10.8. The molecular formula is C18H21Cl2NO3. The van der Waals surface area contributed by atoms with Gasteiger partial charge in [-0.3, -0.25) is 0 Å². The van der Waals surface area contributed by atoms with E-state index in [9.17, 15) is 4.79 Å². The molecule has 1 aromatic carbocycles. The second-order valence-electron chi connectivity index (χ2n) is 6.73. The van der Waals surface area contributed by atoms with Gasteiger partial charge in [-0.1, -0.05) is 35.8 Å². The molecule has 130 valence electrons. The summed E-state index contributed by atoms with van der Waals surface area (Å²) in [5, 5.41) is 1.07. The third-order valence-electron chi connectivity index (χ3n) is 5.18. The van der Waals surface area contributed by atoms with E-state index in [2.05, 4.69) is 6.58 Å². The quantitative estimate of drug-likeness (QED) is 0.728. The number of carbonyl (C=O) groups is 1. The molecule has 0 spiro atoms. The van der Waals surface area contributed by atoms with E-state index in [1.165, 1.54) is 0 Å². The van der Waals surface area contributed by atoms with Crippen LogP contribution in [0.3, 0.4) is 0 Å². The van der Waals surface area contributed by atoms with Gasteiger partial charge in [0.25, 0.3) is 0 Å². The van der Waals surface area contributed by atoms with Crippen LogP contribution in [0.2, 0.25) is 10.0 Å². The van der Waals surface area contributed by atoms with Crippen molar-refractivity contribution in [3.63, 3.8) is 0 Å². The van der Waals surface area contributed by atoms with E-state index in [1.54, 1.807) is 18.9 Å². The molecule has 4 nitrogen and oxygen atoms in total. The first-order chi connectivity index (χ1) is 11.4. The zero-order valence-electron chi connectivity index (χ0n) is 13.9. The number of hydrogen-bond donors (Lipinski definition) is 0. The number of hydrogen-bond acceptors (Lipinski definition) is 3. The number of likely N-dealkylation sites (tertiary alicyclic amines) is 1. The lowest BCUT2D eigenvalue weighted by atomic mass is 9.74. The molecule has 0 bridgehead atoms. The van der Waals surface area contributed by atoms with Gasteiger partial charge in [0.2, 0.25) is 0 Å². The van der Waals surface area contributed by atoms with Crippen molar-refractivity contribution in [3.05, 3.63) is 46.1 Å². The highest BCUT2D eigenvalue weighted by Crippen LogP contribution is 2.52. The number of benzene rings is 1. The molecule has 1 saturated carbocycles. The molecule has 6 heteroatoms. The van der Waals surface area contributed by atoms with E-state index in [-0.39, 0.29) is 17.6 Å². The fourth-order valence-electron chi connectivity index (χ4n) is 4.10. The van der Waals surface area contributed by atoms with Crippen LogP contribution >= 0.6 is 23.2 Å². The van der Waals surface area contributed by atoms with Gasteiger partial charge >= 0.3 is 6.09 Å². The van der Waals surface area contributed by atoms with Gasteiger partial charge in [0, 0.05) is 25.6 Å². The maximum atomic E-state index is 12.3. The first-order valence-electron chi connectivity index (χ1n) is 7.96. The Morgan fingerprint density at radius 3 is 2.75 bits per heavy atom. The Morgan fingerprint density at radius 2 is 2.12 bits per heavy atom. The molecule has 1 aromatic rings.